The Kier molecular flexibility index (Phi) is 5.10. The fourth-order valence-corrected chi connectivity index (χ4v) is 3.95. The highest BCUT2D eigenvalue weighted by Crippen LogP contribution is 2.46. The van der Waals surface area contributed by atoms with Gasteiger partial charge in [0.1, 0.15) is 5.70 Å². The van der Waals surface area contributed by atoms with E-state index in [-0.39, 0.29) is 23.6 Å². The molecule has 0 bridgehead atoms. The summed E-state index contributed by atoms with van der Waals surface area (Å²) in [6.07, 6.45) is 2.38. The molecule has 0 aromatic rings. The molecule has 0 aromatic carbocycles. The Hall–Kier alpha value is -1.01. The summed E-state index contributed by atoms with van der Waals surface area (Å²) in [5.74, 6) is -0.175. The first-order valence-corrected chi connectivity index (χ1v) is 8.10. The zero-order valence-electron chi connectivity index (χ0n) is 11.9. The molecule has 6 heteroatoms. The third kappa shape index (κ3) is 2.72. The molecule has 20 heavy (non-hydrogen) atoms. The van der Waals surface area contributed by atoms with Gasteiger partial charge in [-0.3, -0.25) is 4.79 Å². The van der Waals surface area contributed by atoms with Crippen molar-refractivity contribution in [1.29, 1.82) is 0 Å². The third-order valence-electron chi connectivity index (χ3n) is 3.81. The number of nitrogens with zero attached hydrogens (tertiary/aromatic N) is 1. The van der Waals surface area contributed by atoms with Crippen LogP contribution in [-0.4, -0.2) is 46.9 Å². The predicted octanol–water partition coefficient (Wildman–Crippen LogP) is 2.08. The summed E-state index contributed by atoms with van der Waals surface area (Å²) in [7, 11) is 0. The number of amides is 1. The minimum absolute atomic E-state index is 0.00544. The molecule has 2 atom stereocenters. The number of ether oxygens (including phenoxy) is 1. The van der Waals surface area contributed by atoms with Gasteiger partial charge in [-0.2, -0.15) is 0 Å². The molecule has 0 aromatic heterocycles. The van der Waals surface area contributed by atoms with E-state index in [1.807, 2.05) is 13.8 Å². The lowest BCUT2D eigenvalue weighted by molar-refractivity contribution is -0.155. The van der Waals surface area contributed by atoms with E-state index >= 15 is 0 Å². The predicted molar refractivity (Wildman–Crippen MR) is 77.3 cm³/mol. The van der Waals surface area contributed by atoms with Gasteiger partial charge in [-0.15, -0.1) is 11.8 Å². The molecule has 112 valence electrons. The molecular weight excluding hydrogens is 278 g/mol. The monoisotopic (exact) mass is 299 g/mol. The van der Waals surface area contributed by atoms with Gasteiger partial charge in [0.05, 0.1) is 12.0 Å². The number of hydrogen-bond donors (Lipinski definition) is 1. The maximum atomic E-state index is 11.9. The number of carboxylic acid groups (broad SMARTS) is 1. The second kappa shape index (κ2) is 6.63. The highest BCUT2D eigenvalue weighted by Gasteiger charge is 2.54. The van der Waals surface area contributed by atoms with Crippen molar-refractivity contribution in [2.24, 2.45) is 5.92 Å². The molecule has 1 amide bonds. The van der Waals surface area contributed by atoms with Crippen LogP contribution >= 0.6 is 11.8 Å². The number of carbonyl (C=O) groups is 2. The Labute approximate surface area is 123 Å². The number of fused-ring (bicyclic) bond motifs is 1. The number of carbonyl (C=O) groups excluding carboxylic acids is 1. The van der Waals surface area contributed by atoms with Crippen LogP contribution in [-0.2, 0) is 14.3 Å². The van der Waals surface area contributed by atoms with Crippen molar-refractivity contribution < 1.29 is 19.4 Å². The Morgan fingerprint density at radius 2 is 2.25 bits per heavy atom. The highest BCUT2D eigenvalue weighted by molar-refractivity contribution is 8.03. The quantitative estimate of drug-likeness (QED) is 0.549. The number of thioether (sulfide) groups is 1. The maximum Gasteiger partial charge on any atom is 0.353 e. The van der Waals surface area contributed by atoms with Crippen LogP contribution in [0.4, 0.5) is 0 Å². The molecule has 1 N–H and O–H groups in total. The first-order valence-electron chi connectivity index (χ1n) is 7.11. The van der Waals surface area contributed by atoms with Gasteiger partial charge in [-0.05, 0) is 25.5 Å². The molecule has 1 fully saturated rings. The van der Waals surface area contributed by atoms with Crippen LogP contribution in [0, 0.1) is 5.92 Å². The van der Waals surface area contributed by atoms with E-state index in [0.717, 1.165) is 23.5 Å². The van der Waals surface area contributed by atoms with Crippen LogP contribution in [0.5, 0.6) is 0 Å². The molecule has 2 aliphatic rings. The van der Waals surface area contributed by atoms with Crippen molar-refractivity contribution in [3.05, 3.63) is 10.6 Å². The summed E-state index contributed by atoms with van der Waals surface area (Å²) in [6, 6.07) is 0.0768. The molecule has 2 unspecified atom stereocenters. The Bertz CT molecular complexity index is 435. The molecule has 0 aliphatic carbocycles. The van der Waals surface area contributed by atoms with Gasteiger partial charge in [0.15, 0.2) is 0 Å². The molecule has 2 rings (SSSR count). The SMILES string of the molecule is CCOCCCSC1=C(C(=O)O)N2C(=O)C(CC)C2C1. The molecule has 0 radical (unpaired) electrons. The van der Waals surface area contributed by atoms with Crippen molar-refractivity contribution in [3.8, 4) is 0 Å². The van der Waals surface area contributed by atoms with Crippen LogP contribution in [0.15, 0.2) is 10.6 Å². The van der Waals surface area contributed by atoms with Gasteiger partial charge in [0.25, 0.3) is 0 Å². The molecule has 0 spiro atoms. The van der Waals surface area contributed by atoms with Crippen LogP contribution in [0.3, 0.4) is 0 Å². The number of aliphatic carboxylic acids is 1. The van der Waals surface area contributed by atoms with E-state index in [1.54, 1.807) is 11.8 Å². The zero-order valence-corrected chi connectivity index (χ0v) is 12.7. The lowest BCUT2D eigenvalue weighted by Gasteiger charge is -2.42. The summed E-state index contributed by atoms with van der Waals surface area (Å²) in [6.45, 7) is 5.34. The van der Waals surface area contributed by atoms with Gasteiger partial charge < -0.3 is 14.7 Å². The van der Waals surface area contributed by atoms with E-state index in [4.69, 9.17) is 4.74 Å². The zero-order chi connectivity index (χ0) is 14.7. The average molecular weight is 299 g/mol. The number of hydrogen-bond acceptors (Lipinski definition) is 4. The van der Waals surface area contributed by atoms with Crippen LogP contribution in [0.25, 0.3) is 0 Å². The maximum absolute atomic E-state index is 11.9. The lowest BCUT2D eigenvalue weighted by Crippen LogP contribution is -2.58. The molecule has 0 saturated carbocycles. The van der Waals surface area contributed by atoms with Gasteiger partial charge in [0, 0.05) is 24.5 Å². The fraction of sp³-hybridized carbons (Fsp3) is 0.714. The van der Waals surface area contributed by atoms with Gasteiger partial charge >= 0.3 is 5.97 Å². The van der Waals surface area contributed by atoms with E-state index in [0.29, 0.717) is 19.6 Å². The van der Waals surface area contributed by atoms with Crippen LogP contribution in [0.2, 0.25) is 0 Å². The normalized spacial score (nSPS) is 24.9. The summed E-state index contributed by atoms with van der Waals surface area (Å²) in [5.41, 5.74) is 0.214. The number of β-lactam (4-membered cyclic amide) rings is 1. The summed E-state index contributed by atoms with van der Waals surface area (Å²) < 4.78 is 5.27. The minimum Gasteiger partial charge on any atom is -0.477 e. The van der Waals surface area contributed by atoms with Crippen LogP contribution < -0.4 is 0 Å². The Balaban J connectivity index is 1.97. The van der Waals surface area contributed by atoms with E-state index < -0.39 is 5.97 Å². The summed E-state index contributed by atoms with van der Waals surface area (Å²) in [5, 5.41) is 9.33. The van der Waals surface area contributed by atoms with Crippen molar-refractivity contribution in [2.75, 3.05) is 19.0 Å². The molecular formula is C14H21NO4S. The van der Waals surface area contributed by atoms with Gasteiger partial charge in [-0.25, -0.2) is 4.79 Å². The second-order valence-corrected chi connectivity index (χ2v) is 6.16. The van der Waals surface area contributed by atoms with Crippen molar-refractivity contribution >= 4 is 23.6 Å². The van der Waals surface area contributed by atoms with E-state index in [1.165, 1.54) is 4.90 Å². The Morgan fingerprint density at radius 1 is 1.50 bits per heavy atom. The third-order valence-corrected chi connectivity index (χ3v) is 5.01. The first-order chi connectivity index (χ1) is 9.61. The summed E-state index contributed by atoms with van der Waals surface area (Å²) >= 11 is 1.56. The molecule has 1 saturated heterocycles. The smallest absolute Gasteiger partial charge is 0.353 e. The largest absolute Gasteiger partial charge is 0.477 e. The van der Waals surface area contributed by atoms with E-state index in [2.05, 4.69) is 0 Å². The average Bonchev–Trinajstić information content (AvgIpc) is 2.74. The first kappa shape index (κ1) is 15.4. The number of rotatable bonds is 8. The standard InChI is InChI=1S/C14H21NO4S/c1-3-9-10-8-11(20-7-5-6-19-4-2)12(14(17)18)15(10)13(9)16/h9-10H,3-8H2,1-2H3,(H,17,18). The lowest BCUT2D eigenvalue weighted by atomic mass is 9.85. The highest BCUT2D eigenvalue weighted by atomic mass is 32.2. The molecule has 5 nitrogen and oxygen atoms in total. The Morgan fingerprint density at radius 3 is 2.85 bits per heavy atom. The molecule has 2 heterocycles. The number of carboxylic acids is 1. The summed E-state index contributed by atoms with van der Waals surface area (Å²) in [4.78, 5) is 25.7. The van der Waals surface area contributed by atoms with Gasteiger partial charge in [-0.1, -0.05) is 6.92 Å². The van der Waals surface area contributed by atoms with E-state index in [9.17, 15) is 14.7 Å². The van der Waals surface area contributed by atoms with Crippen molar-refractivity contribution in [2.45, 2.75) is 39.2 Å². The van der Waals surface area contributed by atoms with Gasteiger partial charge in [0.2, 0.25) is 5.91 Å². The van der Waals surface area contributed by atoms with Crippen LogP contribution in [0.1, 0.15) is 33.1 Å². The topological polar surface area (TPSA) is 66.8 Å². The minimum atomic E-state index is -0.984. The molecule has 2 aliphatic heterocycles. The fourth-order valence-electron chi connectivity index (χ4n) is 2.83. The van der Waals surface area contributed by atoms with Crippen molar-refractivity contribution in [3.63, 3.8) is 0 Å². The van der Waals surface area contributed by atoms with Crippen molar-refractivity contribution in [1.82, 2.24) is 4.90 Å². The second-order valence-electron chi connectivity index (χ2n) is 4.97.